The maximum Gasteiger partial charge on any atom is 0.0932 e. The second kappa shape index (κ2) is 6.05. The number of hydrogen-bond acceptors (Lipinski definition) is 2. The van der Waals surface area contributed by atoms with Gasteiger partial charge >= 0.3 is 0 Å². The summed E-state index contributed by atoms with van der Waals surface area (Å²) >= 11 is 5.97. The Labute approximate surface area is 115 Å². The maximum atomic E-state index is 6.12. The van der Waals surface area contributed by atoms with Crippen molar-refractivity contribution in [3.05, 3.63) is 34.9 Å². The van der Waals surface area contributed by atoms with Gasteiger partial charge in [-0.1, -0.05) is 23.7 Å². The Morgan fingerprint density at radius 3 is 2.44 bits per heavy atom. The second-order valence-electron chi connectivity index (χ2n) is 5.07. The quantitative estimate of drug-likeness (QED) is 0.900. The molecule has 18 heavy (non-hydrogen) atoms. The SMILES string of the molecule is CCO[C@@](C)(c1ccc(Cl)cc1)C1CCNCC1. The molecule has 1 N–H and O–H groups in total. The minimum Gasteiger partial charge on any atom is -0.371 e. The summed E-state index contributed by atoms with van der Waals surface area (Å²) < 4.78 is 6.12. The van der Waals surface area contributed by atoms with Crippen LogP contribution in [-0.2, 0) is 10.3 Å². The number of rotatable bonds is 4. The fraction of sp³-hybridized carbons (Fsp3) is 0.600. The van der Waals surface area contributed by atoms with Crippen LogP contribution in [0.2, 0.25) is 5.02 Å². The third-order valence-electron chi connectivity index (χ3n) is 3.98. The van der Waals surface area contributed by atoms with Crippen LogP contribution in [0.1, 0.15) is 32.3 Å². The summed E-state index contributed by atoms with van der Waals surface area (Å²) in [6.45, 7) is 7.19. The van der Waals surface area contributed by atoms with E-state index in [4.69, 9.17) is 16.3 Å². The van der Waals surface area contributed by atoms with Gasteiger partial charge in [-0.2, -0.15) is 0 Å². The minimum absolute atomic E-state index is 0.193. The number of halogens is 1. The zero-order valence-corrected chi connectivity index (χ0v) is 12.0. The van der Waals surface area contributed by atoms with Crippen LogP contribution in [0.25, 0.3) is 0 Å². The van der Waals surface area contributed by atoms with Gasteiger partial charge in [0.25, 0.3) is 0 Å². The van der Waals surface area contributed by atoms with Crippen molar-refractivity contribution in [3.8, 4) is 0 Å². The van der Waals surface area contributed by atoms with Gasteiger partial charge in [-0.05, 0) is 63.4 Å². The topological polar surface area (TPSA) is 21.3 Å². The van der Waals surface area contributed by atoms with Gasteiger partial charge in [0.05, 0.1) is 5.60 Å². The van der Waals surface area contributed by atoms with E-state index >= 15 is 0 Å². The van der Waals surface area contributed by atoms with E-state index in [0.717, 1.165) is 24.7 Å². The standard InChI is InChI=1S/C15H22ClNO/c1-3-18-15(2,13-8-10-17-11-9-13)12-4-6-14(16)7-5-12/h4-7,13,17H,3,8-11H2,1-2H3/t15-/m0/s1. The van der Waals surface area contributed by atoms with Crippen LogP contribution in [0.5, 0.6) is 0 Å². The van der Waals surface area contributed by atoms with Crippen molar-refractivity contribution in [3.63, 3.8) is 0 Å². The molecule has 0 bridgehead atoms. The summed E-state index contributed by atoms with van der Waals surface area (Å²) in [5.74, 6) is 0.569. The van der Waals surface area contributed by atoms with Crippen molar-refractivity contribution >= 4 is 11.6 Å². The Hall–Kier alpha value is -0.570. The summed E-state index contributed by atoms with van der Waals surface area (Å²) in [5, 5.41) is 4.19. The first-order chi connectivity index (χ1) is 8.66. The number of hydrogen-bond donors (Lipinski definition) is 1. The van der Waals surface area contributed by atoms with Crippen LogP contribution in [0.4, 0.5) is 0 Å². The summed E-state index contributed by atoms with van der Waals surface area (Å²) in [4.78, 5) is 0. The number of piperidine rings is 1. The van der Waals surface area contributed by atoms with Crippen LogP contribution in [0.15, 0.2) is 24.3 Å². The van der Waals surface area contributed by atoms with E-state index in [-0.39, 0.29) is 5.60 Å². The highest BCUT2D eigenvalue weighted by Gasteiger charge is 2.37. The summed E-state index contributed by atoms with van der Waals surface area (Å²) in [6.07, 6.45) is 2.33. The van der Waals surface area contributed by atoms with Crippen molar-refractivity contribution in [2.24, 2.45) is 5.92 Å². The lowest BCUT2D eigenvalue weighted by Gasteiger charge is -2.40. The highest BCUT2D eigenvalue weighted by molar-refractivity contribution is 6.30. The Balaban J connectivity index is 2.26. The largest absolute Gasteiger partial charge is 0.371 e. The lowest BCUT2D eigenvalue weighted by atomic mass is 9.77. The van der Waals surface area contributed by atoms with Gasteiger partial charge in [-0.15, -0.1) is 0 Å². The summed E-state index contributed by atoms with van der Waals surface area (Å²) in [5.41, 5.74) is 1.04. The van der Waals surface area contributed by atoms with E-state index in [1.165, 1.54) is 18.4 Å². The predicted molar refractivity (Wildman–Crippen MR) is 76.0 cm³/mol. The number of nitrogens with one attached hydrogen (secondary N) is 1. The van der Waals surface area contributed by atoms with Gasteiger partial charge in [-0.3, -0.25) is 0 Å². The summed E-state index contributed by atoms with van der Waals surface area (Å²) in [7, 11) is 0. The Morgan fingerprint density at radius 1 is 1.28 bits per heavy atom. The monoisotopic (exact) mass is 267 g/mol. The molecule has 3 heteroatoms. The van der Waals surface area contributed by atoms with Gasteiger partial charge in [0.2, 0.25) is 0 Å². The van der Waals surface area contributed by atoms with Crippen molar-refractivity contribution < 1.29 is 4.74 Å². The molecule has 0 aliphatic carbocycles. The molecule has 1 fully saturated rings. The molecule has 1 atom stereocenters. The highest BCUT2D eigenvalue weighted by atomic mass is 35.5. The van der Waals surface area contributed by atoms with E-state index in [2.05, 4.69) is 31.3 Å². The molecule has 2 nitrogen and oxygen atoms in total. The lowest BCUT2D eigenvalue weighted by Crippen LogP contribution is -2.41. The first kappa shape index (κ1) is 13.9. The highest BCUT2D eigenvalue weighted by Crippen LogP contribution is 2.38. The molecule has 0 unspecified atom stereocenters. The van der Waals surface area contributed by atoms with Gasteiger partial charge in [0.1, 0.15) is 0 Å². The molecule has 0 saturated carbocycles. The van der Waals surface area contributed by atoms with Crippen molar-refractivity contribution in [1.82, 2.24) is 5.32 Å². The molecule has 1 aliphatic rings. The molecule has 1 aromatic rings. The fourth-order valence-corrected chi connectivity index (χ4v) is 3.02. The van der Waals surface area contributed by atoms with Crippen LogP contribution >= 0.6 is 11.6 Å². The van der Waals surface area contributed by atoms with E-state index < -0.39 is 0 Å². The molecule has 0 amide bonds. The molecular weight excluding hydrogens is 246 g/mol. The lowest BCUT2D eigenvalue weighted by molar-refractivity contribution is -0.0827. The minimum atomic E-state index is -0.193. The number of ether oxygens (including phenoxy) is 1. The molecule has 1 aliphatic heterocycles. The third-order valence-corrected chi connectivity index (χ3v) is 4.23. The van der Waals surface area contributed by atoms with E-state index in [0.29, 0.717) is 5.92 Å². The van der Waals surface area contributed by atoms with Crippen LogP contribution < -0.4 is 5.32 Å². The van der Waals surface area contributed by atoms with Gasteiger partial charge in [0.15, 0.2) is 0 Å². The normalized spacial score (nSPS) is 20.6. The number of benzene rings is 1. The zero-order chi connectivity index (χ0) is 13.0. The van der Waals surface area contributed by atoms with Crippen LogP contribution in [0.3, 0.4) is 0 Å². The predicted octanol–water partition coefficient (Wildman–Crippen LogP) is 3.59. The van der Waals surface area contributed by atoms with Gasteiger partial charge < -0.3 is 10.1 Å². The first-order valence-corrected chi connectivity index (χ1v) is 7.15. The van der Waals surface area contributed by atoms with Gasteiger partial charge in [0, 0.05) is 11.6 Å². The van der Waals surface area contributed by atoms with E-state index in [9.17, 15) is 0 Å². The molecule has 100 valence electrons. The first-order valence-electron chi connectivity index (χ1n) is 6.77. The maximum absolute atomic E-state index is 6.12. The van der Waals surface area contributed by atoms with Crippen molar-refractivity contribution in [2.45, 2.75) is 32.3 Å². The average Bonchev–Trinajstić information content (AvgIpc) is 2.40. The van der Waals surface area contributed by atoms with Crippen LogP contribution in [0, 0.1) is 5.92 Å². The molecule has 1 heterocycles. The van der Waals surface area contributed by atoms with E-state index in [1.807, 2.05) is 12.1 Å². The molecule has 1 saturated heterocycles. The second-order valence-corrected chi connectivity index (χ2v) is 5.51. The average molecular weight is 268 g/mol. The molecule has 0 spiro atoms. The van der Waals surface area contributed by atoms with Crippen molar-refractivity contribution in [1.29, 1.82) is 0 Å². The van der Waals surface area contributed by atoms with Gasteiger partial charge in [-0.25, -0.2) is 0 Å². The molecule has 2 rings (SSSR count). The van der Waals surface area contributed by atoms with Crippen LogP contribution in [-0.4, -0.2) is 19.7 Å². The molecule has 1 aromatic carbocycles. The summed E-state index contributed by atoms with van der Waals surface area (Å²) in [6, 6.07) is 8.10. The van der Waals surface area contributed by atoms with E-state index in [1.54, 1.807) is 0 Å². The van der Waals surface area contributed by atoms with Crippen molar-refractivity contribution in [2.75, 3.05) is 19.7 Å². The Bertz CT molecular complexity index is 373. The smallest absolute Gasteiger partial charge is 0.0932 e. The Morgan fingerprint density at radius 2 is 1.89 bits per heavy atom. The zero-order valence-electron chi connectivity index (χ0n) is 11.2. The molecular formula is C15H22ClNO. The molecule has 0 aromatic heterocycles. The Kier molecular flexibility index (Phi) is 4.66. The third kappa shape index (κ3) is 2.87. The fourth-order valence-electron chi connectivity index (χ4n) is 2.89. The molecule has 0 radical (unpaired) electrons.